The quantitative estimate of drug-likeness (QED) is 0.584. The predicted molar refractivity (Wildman–Crippen MR) is 82.2 cm³/mol. The lowest BCUT2D eigenvalue weighted by Crippen LogP contribution is -2.29. The molecule has 1 aromatic carbocycles. The molecular formula is C16H15F3N4O2. The van der Waals surface area contributed by atoms with Crippen molar-refractivity contribution in [1.82, 2.24) is 15.4 Å². The summed E-state index contributed by atoms with van der Waals surface area (Å²) in [7, 11) is 0. The van der Waals surface area contributed by atoms with Gasteiger partial charge in [-0.05, 0) is 48.6 Å². The van der Waals surface area contributed by atoms with Gasteiger partial charge >= 0.3 is 6.18 Å². The first-order chi connectivity index (χ1) is 11.9. The van der Waals surface area contributed by atoms with Gasteiger partial charge in [-0.25, -0.2) is 15.4 Å². The molecule has 3 rings (SSSR count). The molecule has 3 N–H and O–H groups in total. The number of carbonyl (C=O) groups is 1. The number of amides is 1. The van der Waals surface area contributed by atoms with Crippen LogP contribution in [0.1, 0.15) is 33.6 Å². The number of fused-ring (bicyclic) bond motifs is 1. The van der Waals surface area contributed by atoms with E-state index in [1.54, 1.807) is 17.6 Å². The molecule has 9 heteroatoms. The maximum atomic E-state index is 12.7. The molecular weight excluding hydrogens is 337 g/mol. The van der Waals surface area contributed by atoms with E-state index in [0.717, 1.165) is 23.4 Å². The number of halogens is 3. The van der Waals surface area contributed by atoms with Crippen LogP contribution in [0.5, 0.6) is 0 Å². The molecule has 0 aliphatic heterocycles. The van der Waals surface area contributed by atoms with Crippen LogP contribution >= 0.6 is 0 Å². The minimum Gasteiger partial charge on any atom is -0.351 e. The van der Waals surface area contributed by atoms with Crippen LogP contribution in [-0.4, -0.2) is 27.1 Å². The molecule has 2 aromatic rings. The lowest BCUT2D eigenvalue weighted by Gasteiger charge is -2.26. The van der Waals surface area contributed by atoms with Crippen molar-refractivity contribution in [2.75, 3.05) is 5.32 Å². The molecule has 0 radical (unpaired) electrons. The summed E-state index contributed by atoms with van der Waals surface area (Å²) in [4.78, 5) is 18.9. The number of carbonyl (C=O) groups excluding carboxylic acids is 1. The molecule has 1 aliphatic rings. The van der Waals surface area contributed by atoms with Gasteiger partial charge in [-0.3, -0.25) is 10.0 Å². The lowest BCUT2D eigenvalue weighted by atomic mass is 9.87. The molecule has 1 heterocycles. The van der Waals surface area contributed by atoms with E-state index in [1.165, 1.54) is 0 Å². The van der Waals surface area contributed by atoms with E-state index in [1.807, 2.05) is 6.07 Å². The Bertz CT molecular complexity index is 795. The van der Waals surface area contributed by atoms with E-state index in [9.17, 15) is 18.0 Å². The lowest BCUT2D eigenvalue weighted by molar-refractivity contribution is -0.141. The van der Waals surface area contributed by atoms with E-state index in [4.69, 9.17) is 5.21 Å². The van der Waals surface area contributed by atoms with Gasteiger partial charge < -0.3 is 5.32 Å². The average molecular weight is 352 g/mol. The zero-order chi connectivity index (χ0) is 18.0. The molecule has 0 fully saturated rings. The summed E-state index contributed by atoms with van der Waals surface area (Å²) in [6.45, 7) is 0. The Hall–Kier alpha value is -2.68. The van der Waals surface area contributed by atoms with E-state index in [-0.39, 0.29) is 12.0 Å². The van der Waals surface area contributed by atoms with Gasteiger partial charge in [0.2, 0.25) is 5.95 Å². The Kier molecular flexibility index (Phi) is 4.58. The smallest absolute Gasteiger partial charge is 0.351 e. The molecule has 0 spiro atoms. The summed E-state index contributed by atoms with van der Waals surface area (Å²) in [5, 5.41) is 11.6. The minimum atomic E-state index is -4.52. The maximum Gasteiger partial charge on any atom is 0.433 e. The van der Waals surface area contributed by atoms with Gasteiger partial charge in [-0.1, -0.05) is 6.07 Å². The number of nitrogens with one attached hydrogen (secondary N) is 2. The average Bonchev–Trinajstić information content (AvgIpc) is 2.60. The fourth-order valence-electron chi connectivity index (χ4n) is 2.85. The standard InChI is InChI=1S/C16H15F3N4O2/c17-16(18,19)13-5-6-20-15(22-13)21-12-4-3-9-1-2-10(14(24)23-25)7-11(9)8-12/h1-2,5-7,12,25H,3-4,8H2,(H,23,24)(H,20,21,22). The number of aromatic nitrogens is 2. The minimum absolute atomic E-state index is 0.0764. The second-order valence-corrected chi connectivity index (χ2v) is 5.77. The largest absolute Gasteiger partial charge is 0.433 e. The van der Waals surface area contributed by atoms with E-state index < -0.39 is 17.8 Å². The highest BCUT2D eigenvalue weighted by atomic mass is 19.4. The van der Waals surface area contributed by atoms with Gasteiger partial charge in [0.05, 0.1) is 0 Å². The van der Waals surface area contributed by atoms with Gasteiger partial charge in [0.25, 0.3) is 5.91 Å². The highest BCUT2D eigenvalue weighted by Gasteiger charge is 2.33. The van der Waals surface area contributed by atoms with E-state index >= 15 is 0 Å². The third-order valence-electron chi connectivity index (χ3n) is 4.08. The van der Waals surface area contributed by atoms with Crippen molar-refractivity contribution in [3.63, 3.8) is 0 Å². The van der Waals surface area contributed by atoms with Crippen LogP contribution in [0.15, 0.2) is 30.5 Å². The summed E-state index contributed by atoms with van der Waals surface area (Å²) < 4.78 is 38.2. The molecule has 1 unspecified atom stereocenters. The summed E-state index contributed by atoms with van der Waals surface area (Å²) in [5.74, 6) is -0.688. The Morgan fingerprint density at radius 1 is 1.24 bits per heavy atom. The molecule has 0 saturated carbocycles. The van der Waals surface area contributed by atoms with Crippen molar-refractivity contribution in [1.29, 1.82) is 0 Å². The number of hydrogen-bond donors (Lipinski definition) is 3. The van der Waals surface area contributed by atoms with Gasteiger partial charge in [-0.15, -0.1) is 0 Å². The van der Waals surface area contributed by atoms with Crippen molar-refractivity contribution >= 4 is 11.9 Å². The Morgan fingerprint density at radius 2 is 2.04 bits per heavy atom. The number of anilines is 1. The fraction of sp³-hybridized carbons (Fsp3) is 0.312. The third-order valence-corrected chi connectivity index (χ3v) is 4.08. The zero-order valence-electron chi connectivity index (χ0n) is 13.0. The Balaban J connectivity index is 1.76. The zero-order valence-corrected chi connectivity index (χ0v) is 13.0. The summed E-state index contributed by atoms with van der Waals surface area (Å²) in [6.07, 6.45) is -1.52. The monoisotopic (exact) mass is 352 g/mol. The molecule has 6 nitrogen and oxygen atoms in total. The van der Waals surface area contributed by atoms with Crippen molar-refractivity contribution in [3.8, 4) is 0 Å². The van der Waals surface area contributed by atoms with E-state index in [0.29, 0.717) is 24.8 Å². The number of hydrogen-bond acceptors (Lipinski definition) is 5. The van der Waals surface area contributed by atoms with Crippen molar-refractivity contribution < 1.29 is 23.2 Å². The Labute approximate surface area is 141 Å². The van der Waals surface area contributed by atoms with Crippen LogP contribution in [-0.2, 0) is 19.0 Å². The summed E-state index contributed by atoms with van der Waals surface area (Å²) in [5.41, 5.74) is 2.87. The third kappa shape index (κ3) is 3.87. The van der Waals surface area contributed by atoms with Crippen molar-refractivity contribution in [3.05, 3.63) is 52.8 Å². The van der Waals surface area contributed by atoms with Gasteiger partial charge in [0, 0.05) is 17.8 Å². The topological polar surface area (TPSA) is 87.1 Å². The molecule has 0 bridgehead atoms. The molecule has 132 valence electrons. The normalized spacial score (nSPS) is 16.9. The number of hydroxylamine groups is 1. The first-order valence-electron chi connectivity index (χ1n) is 7.60. The second kappa shape index (κ2) is 6.67. The van der Waals surface area contributed by atoms with Gasteiger partial charge in [0.15, 0.2) is 0 Å². The Morgan fingerprint density at radius 3 is 2.76 bits per heavy atom. The molecule has 0 saturated heterocycles. The van der Waals surface area contributed by atoms with Crippen LogP contribution in [0.3, 0.4) is 0 Å². The van der Waals surface area contributed by atoms with Crippen molar-refractivity contribution in [2.24, 2.45) is 0 Å². The summed E-state index contributed by atoms with van der Waals surface area (Å²) >= 11 is 0. The van der Waals surface area contributed by atoms with Gasteiger partial charge in [-0.2, -0.15) is 13.2 Å². The highest BCUT2D eigenvalue weighted by Crippen LogP contribution is 2.28. The van der Waals surface area contributed by atoms with Crippen LogP contribution in [0.25, 0.3) is 0 Å². The van der Waals surface area contributed by atoms with Gasteiger partial charge in [0.1, 0.15) is 5.69 Å². The number of rotatable bonds is 3. The number of alkyl halides is 3. The summed E-state index contributed by atoms with van der Waals surface area (Å²) in [6, 6.07) is 5.77. The first kappa shape index (κ1) is 17.2. The second-order valence-electron chi connectivity index (χ2n) is 5.77. The molecule has 25 heavy (non-hydrogen) atoms. The van der Waals surface area contributed by atoms with E-state index in [2.05, 4.69) is 15.3 Å². The highest BCUT2D eigenvalue weighted by molar-refractivity contribution is 5.93. The molecule has 1 aliphatic carbocycles. The molecule has 1 atom stereocenters. The first-order valence-corrected chi connectivity index (χ1v) is 7.60. The van der Waals surface area contributed by atoms with Crippen LogP contribution in [0, 0.1) is 0 Å². The number of aryl methyl sites for hydroxylation is 1. The fourth-order valence-corrected chi connectivity index (χ4v) is 2.85. The SMILES string of the molecule is O=C(NO)c1ccc2c(c1)CC(Nc1nccc(C(F)(F)F)n1)CC2. The predicted octanol–water partition coefficient (Wildman–Crippen LogP) is 2.58. The van der Waals surface area contributed by atoms with Crippen LogP contribution < -0.4 is 10.8 Å². The number of nitrogens with zero attached hydrogens (tertiary/aromatic N) is 2. The van der Waals surface area contributed by atoms with Crippen molar-refractivity contribution in [2.45, 2.75) is 31.5 Å². The molecule has 1 aromatic heterocycles. The van der Waals surface area contributed by atoms with Crippen LogP contribution in [0.4, 0.5) is 19.1 Å². The molecule has 1 amide bonds. The van der Waals surface area contributed by atoms with Crippen LogP contribution in [0.2, 0.25) is 0 Å². The maximum absolute atomic E-state index is 12.7. The number of benzene rings is 1.